The van der Waals surface area contributed by atoms with Crippen molar-refractivity contribution in [3.05, 3.63) is 35.4 Å². The zero-order valence-electron chi connectivity index (χ0n) is 13.8. The highest BCUT2D eigenvalue weighted by molar-refractivity contribution is 5.88. The van der Waals surface area contributed by atoms with E-state index in [4.69, 9.17) is 0 Å². The molecule has 1 atom stereocenters. The smallest absolute Gasteiger partial charge is 0.243 e. The lowest BCUT2D eigenvalue weighted by Gasteiger charge is -2.25. The molecular formula is C18H26N2O2. The number of hydrogen-bond donors (Lipinski definition) is 1. The van der Waals surface area contributed by atoms with E-state index in [1.165, 1.54) is 5.56 Å². The first-order chi connectivity index (χ1) is 10.5. The Morgan fingerprint density at radius 2 is 1.86 bits per heavy atom. The predicted octanol–water partition coefficient (Wildman–Crippen LogP) is 2.51. The molecule has 1 aliphatic heterocycles. The summed E-state index contributed by atoms with van der Waals surface area (Å²) in [5, 5.41) is 2.97. The first-order valence-corrected chi connectivity index (χ1v) is 8.19. The van der Waals surface area contributed by atoms with Crippen LogP contribution < -0.4 is 5.32 Å². The lowest BCUT2D eigenvalue weighted by atomic mass is 10.1. The molecule has 120 valence electrons. The number of amides is 2. The Kier molecular flexibility index (Phi) is 5.58. The number of likely N-dealkylation sites (tertiary alicyclic amines) is 1. The summed E-state index contributed by atoms with van der Waals surface area (Å²) >= 11 is 0. The van der Waals surface area contributed by atoms with Crippen molar-refractivity contribution < 1.29 is 9.59 Å². The van der Waals surface area contributed by atoms with Crippen LogP contribution in [-0.2, 0) is 22.6 Å². The summed E-state index contributed by atoms with van der Waals surface area (Å²) in [7, 11) is 0. The molecule has 1 aromatic rings. The molecule has 22 heavy (non-hydrogen) atoms. The van der Waals surface area contributed by atoms with E-state index in [9.17, 15) is 9.59 Å². The average Bonchev–Trinajstić information content (AvgIpc) is 3.01. The molecular weight excluding hydrogens is 276 g/mol. The second kappa shape index (κ2) is 7.43. The maximum absolute atomic E-state index is 12.4. The van der Waals surface area contributed by atoms with Crippen molar-refractivity contribution in [1.29, 1.82) is 0 Å². The molecule has 4 heteroatoms. The predicted molar refractivity (Wildman–Crippen MR) is 87.2 cm³/mol. The van der Waals surface area contributed by atoms with Crippen LogP contribution in [0.4, 0.5) is 0 Å². The van der Waals surface area contributed by atoms with Gasteiger partial charge in [-0.05, 0) is 30.4 Å². The largest absolute Gasteiger partial charge is 0.350 e. The van der Waals surface area contributed by atoms with E-state index in [2.05, 4.69) is 24.4 Å². The van der Waals surface area contributed by atoms with Crippen molar-refractivity contribution in [1.82, 2.24) is 10.2 Å². The van der Waals surface area contributed by atoms with E-state index < -0.39 is 0 Å². The van der Waals surface area contributed by atoms with Crippen molar-refractivity contribution in [3.8, 4) is 0 Å². The first kappa shape index (κ1) is 16.5. The molecule has 1 saturated heterocycles. The molecule has 4 nitrogen and oxygen atoms in total. The van der Waals surface area contributed by atoms with Crippen molar-refractivity contribution in [2.45, 2.75) is 52.6 Å². The summed E-state index contributed by atoms with van der Waals surface area (Å²) in [6.07, 6.45) is 2.68. The molecule has 0 bridgehead atoms. The summed E-state index contributed by atoms with van der Waals surface area (Å²) in [6, 6.07) is 7.97. The summed E-state index contributed by atoms with van der Waals surface area (Å²) in [4.78, 5) is 26.3. The topological polar surface area (TPSA) is 49.4 Å². The van der Waals surface area contributed by atoms with Gasteiger partial charge < -0.3 is 10.2 Å². The molecule has 0 saturated carbocycles. The Labute approximate surface area is 132 Å². The molecule has 1 aromatic carbocycles. The third-order valence-electron chi connectivity index (χ3n) is 4.23. The molecule has 1 aliphatic rings. The van der Waals surface area contributed by atoms with Crippen LogP contribution in [0.3, 0.4) is 0 Å². The van der Waals surface area contributed by atoms with Gasteiger partial charge in [-0.3, -0.25) is 9.59 Å². The molecule has 0 aliphatic carbocycles. The van der Waals surface area contributed by atoms with Crippen LogP contribution in [0.15, 0.2) is 24.3 Å². The zero-order chi connectivity index (χ0) is 16.1. The fourth-order valence-electron chi connectivity index (χ4n) is 2.83. The van der Waals surface area contributed by atoms with Gasteiger partial charge in [0, 0.05) is 19.0 Å². The Morgan fingerprint density at radius 1 is 1.23 bits per heavy atom. The molecule has 1 heterocycles. The number of aryl methyl sites for hydroxylation is 1. The third-order valence-corrected chi connectivity index (χ3v) is 4.23. The molecule has 1 N–H and O–H groups in total. The van der Waals surface area contributed by atoms with Crippen LogP contribution in [0.2, 0.25) is 0 Å². The Morgan fingerprint density at radius 3 is 2.45 bits per heavy atom. The average molecular weight is 302 g/mol. The van der Waals surface area contributed by atoms with E-state index in [0.29, 0.717) is 13.1 Å². The van der Waals surface area contributed by atoms with E-state index in [-0.39, 0.29) is 23.8 Å². The van der Waals surface area contributed by atoms with Gasteiger partial charge in [-0.2, -0.15) is 0 Å². The number of hydrogen-bond acceptors (Lipinski definition) is 2. The number of benzene rings is 1. The fourth-order valence-corrected chi connectivity index (χ4v) is 2.83. The van der Waals surface area contributed by atoms with E-state index >= 15 is 0 Å². The summed E-state index contributed by atoms with van der Waals surface area (Å²) in [5.41, 5.74) is 2.38. The zero-order valence-corrected chi connectivity index (χ0v) is 13.8. The van der Waals surface area contributed by atoms with Crippen LogP contribution in [0.1, 0.15) is 44.7 Å². The Hall–Kier alpha value is -1.84. The number of rotatable bonds is 5. The van der Waals surface area contributed by atoms with Crippen LogP contribution in [0.5, 0.6) is 0 Å². The highest BCUT2D eigenvalue weighted by Gasteiger charge is 2.34. The van der Waals surface area contributed by atoms with E-state index in [1.54, 1.807) is 4.90 Å². The van der Waals surface area contributed by atoms with Gasteiger partial charge in [-0.15, -0.1) is 0 Å². The van der Waals surface area contributed by atoms with E-state index in [1.807, 2.05) is 26.0 Å². The van der Waals surface area contributed by atoms with Gasteiger partial charge in [0.1, 0.15) is 6.04 Å². The normalized spacial score (nSPS) is 17.8. The molecule has 2 rings (SSSR count). The van der Waals surface area contributed by atoms with Crippen molar-refractivity contribution in [2.75, 3.05) is 6.54 Å². The van der Waals surface area contributed by atoms with Crippen LogP contribution in [0, 0.1) is 5.92 Å². The van der Waals surface area contributed by atoms with E-state index in [0.717, 1.165) is 24.8 Å². The van der Waals surface area contributed by atoms with Crippen molar-refractivity contribution >= 4 is 11.8 Å². The molecule has 0 radical (unpaired) electrons. The Bertz CT molecular complexity index is 522. The summed E-state index contributed by atoms with van der Waals surface area (Å²) < 4.78 is 0. The second-order valence-electron chi connectivity index (χ2n) is 6.23. The maximum Gasteiger partial charge on any atom is 0.243 e. The quantitative estimate of drug-likeness (QED) is 0.908. The van der Waals surface area contributed by atoms with Crippen LogP contribution in [-0.4, -0.2) is 29.3 Å². The maximum atomic E-state index is 12.4. The number of carbonyl (C=O) groups excluding carboxylic acids is 2. The molecule has 2 amide bonds. The summed E-state index contributed by atoms with van der Waals surface area (Å²) in [6.45, 7) is 7.09. The number of nitrogens with one attached hydrogen (secondary N) is 1. The van der Waals surface area contributed by atoms with Gasteiger partial charge in [0.05, 0.1) is 0 Å². The van der Waals surface area contributed by atoms with Gasteiger partial charge in [0.25, 0.3) is 0 Å². The van der Waals surface area contributed by atoms with Crippen molar-refractivity contribution in [2.24, 2.45) is 5.92 Å². The number of nitrogens with zero attached hydrogens (tertiary/aromatic N) is 1. The van der Waals surface area contributed by atoms with Gasteiger partial charge in [0.15, 0.2) is 0 Å². The molecule has 1 fully saturated rings. The monoisotopic (exact) mass is 302 g/mol. The van der Waals surface area contributed by atoms with Gasteiger partial charge >= 0.3 is 0 Å². The highest BCUT2D eigenvalue weighted by Crippen LogP contribution is 2.20. The standard InChI is InChI=1S/C18H26N2O2/c1-4-14-7-9-15(10-8-14)12-19-17(21)16-6-5-11-20(16)18(22)13(2)3/h7-10,13,16H,4-6,11-12H2,1-3H3,(H,19,21)/t16-/m0/s1. The molecule has 0 spiro atoms. The lowest BCUT2D eigenvalue weighted by Crippen LogP contribution is -2.47. The summed E-state index contributed by atoms with van der Waals surface area (Å²) in [5.74, 6) is -0.0222. The molecule has 0 unspecified atom stereocenters. The Balaban J connectivity index is 1.92. The minimum atomic E-state index is -0.301. The molecule has 0 aromatic heterocycles. The lowest BCUT2D eigenvalue weighted by molar-refractivity contribution is -0.140. The van der Waals surface area contributed by atoms with Crippen LogP contribution in [0.25, 0.3) is 0 Å². The number of carbonyl (C=O) groups is 2. The third kappa shape index (κ3) is 3.87. The fraction of sp³-hybridized carbons (Fsp3) is 0.556. The van der Waals surface area contributed by atoms with Crippen molar-refractivity contribution in [3.63, 3.8) is 0 Å². The minimum absolute atomic E-state index is 0.0360. The minimum Gasteiger partial charge on any atom is -0.350 e. The van der Waals surface area contributed by atoms with Crippen LogP contribution >= 0.6 is 0 Å². The highest BCUT2D eigenvalue weighted by atomic mass is 16.2. The second-order valence-corrected chi connectivity index (χ2v) is 6.23. The van der Waals surface area contributed by atoms with Gasteiger partial charge in [-0.25, -0.2) is 0 Å². The first-order valence-electron chi connectivity index (χ1n) is 8.19. The van der Waals surface area contributed by atoms with Gasteiger partial charge in [0.2, 0.25) is 11.8 Å². The SMILES string of the molecule is CCc1ccc(CNC(=O)[C@@H]2CCCN2C(=O)C(C)C)cc1. The van der Waals surface area contributed by atoms with Gasteiger partial charge in [-0.1, -0.05) is 45.0 Å².